The Labute approximate surface area is 128 Å². The lowest BCUT2D eigenvalue weighted by atomic mass is 10.1. The first-order valence-electron chi connectivity index (χ1n) is 6.25. The Bertz CT molecular complexity index is 477. The molecule has 0 spiro atoms. The molecule has 0 fully saturated rings. The van der Waals surface area contributed by atoms with Crippen molar-refractivity contribution in [2.75, 3.05) is 14.1 Å². The molecule has 0 aromatic heterocycles. The average Bonchev–Trinajstić information content (AvgIpc) is 2.38. The fourth-order valence-corrected chi connectivity index (χ4v) is 2.60. The molecule has 1 aromatic rings. The summed E-state index contributed by atoms with van der Waals surface area (Å²) in [6.45, 7) is 3.68. The van der Waals surface area contributed by atoms with Crippen LogP contribution in [0.1, 0.15) is 25.5 Å². The number of halogens is 1. The Morgan fingerprint density at radius 2 is 1.85 bits per heavy atom. The number of benzene rings is 1. The highest BCUT2D eigenvalue weighted by Crippen LogP contribution is 2.17. The van der Waals surface area contributed by atoms with Crippen molar-refractivity contribution < 1.29 is 9.18 Å². The topological polar surface area (TPSA) is 32.3 Å². The normalized spacial score (nSPS) is 13.4. The van der Waals surface area contributed by atoms with Gasteiger partial charge in [0.15, 0.2) is 0 Å². The first-order chi connectivity index (χ1) is 9.31. The molecule has 0 aliphatic heterocycles. The smallest absolute Gasteiger partial charge is 0.233 e. The lowest BCUT2D eigenvalue weighted by Crippen LogP contribution is -2.34. The average molecular weight is 314 g/mol. The molecular formula is C14H19FN2OS2. The van der Waals surface area contributed by atoms with Gasteiger partial charge in [-0.1, -0.05) is 36.1 Å². The fraction of sp³-hybridized carbons (Fsp3) is 0.429. The van der Waals surface area contributed by atoms with Crippen LogP contribution in [-0.4, -0.2) is 34.5 Å². The number of rotatable bonds is 4. The lowest BCUT2D eigenvalue weighted by molar-refractivity contribution is -0.120. The molecular weight excluding hydrogens is 295 g/mol. The molecule has 2 atom stereocenters. The highest BCUT2D eigenvalue weighted by Gasteiger charge is 2.19. The molecule has 1 aromatic carbocycles. The standard InChI is InChI=1S/C14H19FN2OS2/c1-9(11-5-7-12(15)8-6-11)16-13(18)10(2)20-14(19)17(3)4/h5-10H,1-4H3,(H,16,18)/t9-,10+/m1/s1. The molecule has 6 heteroatoms. The highest BCUT2D eigenvalue weighted by molar-refractivity contribution is 8.23. The van der Waals surface area contributed by atoms with Gasteiger partial charge in [0.1, 0.15) is 10.1 Å². The summed E-state index contributed by atoms with van der Waals surface area (Å²) in [7, 11) is 3.70. The summed E-state index contributed by atoms with van der Waals surface area (Å²) in [5.41, 5.74) is 0.868. The second-order valence-electron chi connectivity index (χ2n) is 4.70. The maximum atomic E-state index is 12.9. The molecule has 0 unspecified atom stereocenters. The molecule has 0 aliphatic carbocycles. The van der Waals surface area contributed by atoms with Crippen molar-refractivity contribution in [1.82, 2.24) is 10.2 Å². The Morgan fingerprint density at radius 1 is 1.30 bits per heavy atom. The molecule has 0 saturated heterocycles. The number of nitrogens with zero attached hydrogens (tertiary/aromatic N) is 1. The van der Waals surface area contributed by atoms with Gasteiger partial charge in [-0.25, -0.2) is 4.39 Å². The van der Waals surface area contributed by atoms with Crippen molar-refractivity contribution in [3.8, 4) is 0 Å². The molecule has 110 valence electrons. The number of hydrogen-bond donors (Lipinski definition) is 1. The Balaban J connectivity index is 2.56. The number of amides is 1. The molecule has 1 N–H and O–H groups in total. The van der Waals surface area contributed by atoms with E-state index in [2.05, 4.69) is 5.32 Å². The zero-order chi connectivity index (χ0) is 15.3. The molecule has 0 aliphatic rings. The fourth-order valence-electron chi connectivity index (χ4n) is 1.48. The van der Waals surface area contributed by atoms with Gasteiger partial charge in [-0.3, -0.25) is 4.79 Å². The number of hydrogen-bond acceptors (Lipinski definition) is 3. The SMILES string of the molecule is C[C@H](SC(=S)N(C)C)C(=O)N[C@H](C)c1ccc(F)cc1. The zero-order valence-corrected chi connectivity index (χ0v) is 13.6. The van der Waals surface area contributed by atoms with Gasteiger partial charge in [-0.2, -0.15) is 0 Å². The van der Waals surface area contributed by atoms with Crippen LogP contribution in [0, 0.1) is 5.82 Å². The number of thioether (sulfide) groups is 1. The van der Waals surface area contributed by atoms with Crippen LogP contribution in [-0.2, 0) is 4.79 Å². The van der Waals surface area contributed by atoms with E-state index in [1.165, 1.54) is 23.9 Å². The molecule has 3 nitrogen and oxygen atoms in total. The summed E-state index contributed by atoms with van der Waals surface area (Å²) in [4.78, 5) is 13.9. The van der Waals surface area contributed by atoms with Crippen molar-refractivity contribution in [3.63, 3.8) is 0 Å². The van der Waals surface area contributed by atoms with Crippen molar-refractivity contribution in [1.29, 1.82) is 0 Å². The van der Waals surface area contributed by atoms with Gasteiger partial charge in [0.25, 0.3) is 0 Å². The quantitative estimate of drug-likeness (QED) is 0.866. The summed E-state index contributed by atoms with van der Waals surface area (Å²) >= 11 is 6.50. The Kier molecular flexibility index (Phi) is 6.42. The zero-order valence-electron chi connectivity index (χ0n) is 12.0. The Hall–Kier alpha value is -1.14. The van der Waals surface area contributed by atoms with Crippen molar-refractivity contribution in [2.45, 2.75) is 25.1 Å². The van der Waals surface area contributed by atoms with Gasteiger partial charge in [-0.05, 0) is 31.5 Å². The summed E-state index contributed by atoms with van der Waals surface area (Å²) in [5.74, 6) is -0.372. The minimum Gasteiger partial charge on any atom is -0.364 e. The third kappa shape index (κ3) is 5.09. The van der Waals surface area contributed by atoms with Crippen LogP contribution in [0.4, 0.5) is 4.39 Å². The number of carbonyl (C=O) groups is 1. The van der Waals surface area contributed by atoms with E-state index >= 15 is 0 Å². The summed E-state index contributed by atoms with van der Waals surface area (Å²) in [6, 6.07) is 5.94. The van der Waals surface area contributed by atoms with Crippen molar-refractivity contribution >= 4 is 34.2 Å². The monoisotopic (exact) mass is 314 g/mol. The van der Waals surface area contributed by atoms with E-state index in [4.69, 9.17) is 12.2 Å². The van der Waals surface area contributed by atoms with E-state index in [1.54, 1.807) is 17.0 Å². The number of carbonyl (C=O) groups excluding carboxylic acids is 1. The van der Waals surface area contributed by atoms with E-state index in [-0.39, 0.29) is 23.0 Å². The minimum atomic E-state index is -0.285. The third-order valence-corrected chi connectivity index (χ3v) is 4.53. The predicted molar refractivity (Wildman–Crippen MR) is 86.3 cm³/mol. The van der Waals surface area contributed by atoms with Crippen molar-refractivity contribution in [3.05, 3.63) is 35.6 Å². The van der Waals surface area contributed by atoms with Gasteiger partial charge < -0.3 is 10.2 Å². The van der Waals surface area contributed by atoms with Crippen molar-refractivity contribution in [2.24, 2.45) is 0 Å². The van der Waals surface area contributed by atoms with Crippen LogP contribution >= 0.6 is 24.0 Å². The molecule has 20 heavy (non-hydrogen) atoms. The molecule has 0 heterocycles. The third-order valence-electron chi connectivity index (χ3n) is 2.74. The first kappa shape index (κ1) is 16.9. The molecule has 1 amide bonds. The van der Waals surface area contributed by atoms with Crippen LogP contribution < -0.4 is 5.32 Å². The predicted octanol–water partition coefficient (Wildman–Crippen LogP) is 2.97. The molecule has 0 bridgehead atoms. The van der Waals surface area contributed by atoms with Crippen LogP contribution in [0.3, 0.4) is 0 Å². The molecule has 1 rings (SSSR count). The van der Waals surface area contributed by atoms with Gasteiger partial charge in [0, 0.05) is 14.1 Å². The second kappa shape index (κ2) is 7.59. The summed E-state index contributed by atoms with van der Waals surface area (Å²) < 4.78 is 13.5. The maximum Gasteiger partial charge on any atom is 0.233 e. The molecule has 0 saturated carbocycles. The minimum absolute atomic E-state index is 0.0870. The number of thiocarbonyl (C=S) groups is 1. The lowest BCUT2D eigenvalue weighted by Gasteiger charge is -2.20. The van der Waals surface area contributed by atoms with E-state index in [9.17, 15) is 9.18 Å². The molecule has 0 radical (unpaired) electrons. The van der Waals surface area contributed by atoms with Gasteiger partial charge in [0.2, 0.25) is 5.91 Å². The van der Waals surface area contributed by atoms with Crippen LogP contribution in [0.15, 0.2) is 24.3 Å². The largest absolute Gasteiger partial charge is 0.364 e. The van der Waals surface area contributed by atoms with E-state index in [0.29, 0.717) is 4.32 Å². The highest BCUT2D eigenvalue weighted by atomic mass is 32.2. The van der Waals surface area contributed by atoms with Crippen LogP contribution in [0.2, 0.25) is 0 Å². The summed E-state index contributed by atoms with van der Waals surface area (Å²) in [6.07, 6.45) is 0. The van der Waals surface area contributed by atoms with Gasteiger partial charge in [0.05, 0.1) is 11.3 Å². The van der Waals surface area contributed by atoms with E-state index < -0.39 is 0 Å². The van der Waals surface area contributed by atoms with Gasteiger partial charge >= 0.3 is 0 Å². The van der Waals surface area contributed by atoms with E-state index in [0.717, 1.165) is 5.56 Å². The maximum absolute atomic E-state index is 12.9. The second-order valence-corrected chi connectivity index (χ2v) is 6.68. The van der Waals surface area contributed by atoms with Crippen LogP contribution in [0.5, 0.6) is 0 Å². The summed E-state index contributed by atoms with van der Waals surface area (Å²) in [5, 5.41) is 2.63. The Morgan fingerprint density at radius 3 is 2.35 bits per heavy atom. The van der Waals surface area contributed by atoms with Gasteiger partial charge in [-0.15, -0.1) is 0 Å². The number of nitrogens with one attached hydrogen (secondary N) is 1. The van der Waals surface area contributed by atoms with Crippen LogP contribution in [0.25, 0.3) is 0 Å². The first-order valence-corrected chi connectivity index (χ1v) is 7.54. The van der Waals surface area contributed by atoms with E-state index in [1.807, 2.05) is 27.9 Å².